The number of pyridine rings is 1. The zero-order valence-corrected chi connectivity index (χ0v) is 10.4. The van der Waals surface area contributed by atoms with Crippen LogP contribution in [0.3, 0.4) is 0 Å². The minimum atomic E-state index is -0.896. The zero-order valence-electron chi connectivity index (χ0n) is 9.57. The Morgan fingerprint density at radius 2 is 2.50 bits per heavy atom. The van der Waals surface area contributed by atoms with E-state index in [0.717, 1.165) is 11.4 Å². The van der Waals surface area contributed by atoms with E-state index >= 15 is 0 Å². The highest BCUT2D eigenvalue weighted by atomic mass is 32.2. The summed E-state index contributed by atoms with van der Waals surface area (Å²) >= 11 is 1.48. The summed E-state index contributed by atoms with van der Waals surface area (Å²) in [7, 11) is 0. The lowest BCUT2D eigenvalue weighted by Crippen LogP contribution is -2.21. The van der Waals surface area contributed by atoms with Crippen molar-refractivity contribution in [2.45, 2.75) is 30.1 Å². The summed E-state index contributed by atoms with van der Waals surface area (Å²) in [5.41, 5.74) is 0.572. The quantitative estimate of drug-likeness (QED) is 0.833. The molecule has 2 unspecified atom stereocenters. The number of aliphatic carboxylic acids is 1. The van der Waals surface area contributed by atoms with Crippen molar-refractivity contribution < 1.29 is 14.6 Å². The average Bonchev–Trinajstić information content (AvgIpc) is 2.85. The Balaban J connectivity index is 1.85. The molecule has 0 saturated carbocycles. The van der Waals surface area contributed by atoms with Gasteiger partial charge >= 0.3 is 5.97 Å². The lowest BCUT2D eigenvalue weighted by molar-refractivity contribution is -0.148. The predicted octanol–water partition coefficient (Wildman–Crippen LogP) is 1.68. The number of nitrogens with zero attached hydrogens (tertiary/aromatic N) is 2. The minimum Gasteiger partial charge on any atom is -0.479 e. The fourth-order valence-electron chi connectivity index (χ4n) is 1.75. The fourth-order valence-corrected chi connectivity index (χ4v) is 2.69. The largest absolute Gasteiger partial charge is 0.479 e. The summed E-state index contributed by atoms with van der Waals surface area (Å²) < 4.78 is 5.39. The molecule has 0 aromatic carbocycles. The molecule has 1 fully saturated rings. The first-order valence-corrected chi connectivity index (χ1v) is 6.55. The molecular formula is C12H12N2O3S. The van der Waals surface area contributed by atoms with Gasteiger partial charge in [0.25, 0.3) is 0 Å². The molecule has 2 rings (SSSR count). The molecule has 94 valence electrons. The monoisotopic (exact) mass is 264 g/mol. The van der Waals surface area contributed by atoms with Gasteiger partial charge in [0, 0.05) is 11.9 Å². The molecule has 1 saturated heterocycles. The van der Waals surface area contributed by atoms with Gasteiger partial charge in [0.1, 0.15) is 0 Å². The molecule has 6 heteroatoms. The van der Waals surface area contributed by atoms with Crippen LogP contribution in [0.25, 0.3) is 0 Å². The summed E-state index contributed by atoms with van der Waals surface area (Å²) in [5, 5.41) is 18.3. The standard InChI is InChI=1S/C12H12N2O3S/c13-6-8-3-4-14-11(5-8)18-7-9-1-2-10(17-9)12(15)16/h3-5,9-10H,1-2,7H2,(H,15,16). The molecular weight excluding hydrogens is 252 g/mol. The molecule has 5 nitrogen and oxygen atoms in total. The number of thioether (sulfide) groups is 1. The van der Waals surface area contributed by atoms with Crippen molar-refractivity contribution >= 4 is 17.7 Å². The molecule has 0 amide bonds. The maximum absolute atomic E-state index is 10.7. The topological polar surface area (TPSA) is 83.2 Å². The highest BCUT2D eigenvalue weighted by Gasteiger charge is 2.30. The Morgan fingerprint density at radius 1 is 1.67 bits per heavy atom. The van der Waals surface area contributed by atoms with Crippen molar-refractivity contribution in [1.82, 2.24) is 4.98 Å². The number of aromatic nitrogens is 1. The van der Waals surface area contributed by atoms with Gasteiger partial charge < -0.3 is 9.84 Å². The van der Waals surface area contributed by atoms with Gasteiger partial charge in [-0.2, -0.15) is 5.26 Å². The minimum absolute atomic E-state index is 0.0522. The number of carboxylic acid groups (broad SMARTS) is 1. The summed E-state index contributed by atoms with van der Waals surface area (Å²) in [6.45, 7) is 0. The second-order valence-corrected chi connectivity index (χ2v) is 5.01. The van der Waals surface area contributed by atoms with Gasteiger partial charge in [0.2, 0.25) is 0 Å². The van der Waals surface area contributed by atoms with Crippen molar-refractivity contribution in [3.8, 4) is 6.07 Å². The summed E-state index contributed by atoms with van der Waals surface area (Å²) in [6, 6.07) is 5.42. The van der Waals surface area contributed by atoms with E-state index < -0.39 is 12.1 Å². The van der Waals surface area contributed by atoms with E-state index in [1.807, 2.05) is 0 Å². The van der Waals surface area contributed by atoms with Gasteiger partial charge in [-0.15, -0.1) is 11.8 Å². The third-order valence-electron chi connectivity index (χ3n) is 2.66. The second kappa shape index (κ2) is 5.85. The lowest BCUT2D eigenvalue weighted by Gasteiger charge is -2.10. The van der Waals surface area contributed by atoms with Crippen molar-refractivity contribution in [2.24, 2.45) is 0 Å². The first kappa shape index (κ1) is 12.9. The van der Waals surface area contributed by atoms with Crippen LogP contribution in [0.2, 0.25) is 0 Å². The number of nitriles is 1. The van der Waals surface area contributed by atoms with Gasteiger partial charge in [0.05, 0.1) is 22.8 Å². The molecule has 1 aromatic heterocycles. The van der Waals surface area contributed by atoms with Crippen LogP contribution in [0.15, 0.2) is 23.4 Å². The van der Waals surface area contributed by atoms with Crippen LogP contribution in [0.1, 0.15) is 18.4 Å². The van der Waals surface area contributed by atoms with Gasteiger partial charge in [0.15, 0.2) is 6.10 Å². The molecule has 0 bridgehead atoms. The SMILES string of the molecule is N#Cc1ccnc(SCC2CCC(C(=O)O)O2)c1. The van der Waals surface area contributed by atoms with Gasteiger partial charge in [-0.3, -0.25) is 0 Å². The molecule has 2 heterocycles. The van der Waals surface area contributed by atoms with E-state index in [9.17, 15) is 4.79 Å². The second-order valence-electron chi connectivity index (χ2n) is 3.97. The van der Waals surface area contributed by atoms with Crippen LogP contribution in [0, 0.1) is 11.3 Å². The van der Waals surface area contributed by atoms with Crippen LogP contribution >= 0.6 is 11.8 Å². The van der Waals surface area contributed by atoms with Gasteiger partial charge in [-0.05, 0) is 25.0 Å². The highest BCUT2D eigenvalue weighted by molar-refractivity contribution is 7.99. The number of carboxylic acids is 1. The normalized spacial score (nSPS) is 22.6. The molecule has 1 N–H and O–H groups in total. The molecule has 2 atom stereocenters. The average molecular weight is 264 g/mol. The molecule has 1 aliphatic rings. The Bertz CT molecular complexity index is 486. The van der Waals surface area contributed by atoms with E-state index in [2.05, 4.69) is 11.1 Å². The third-order valence-corrected chi connectivity index (χ3v) is 3.72. The van der Waals surface area contributed by atoms with Crippen molar-refractivity contribution in [3.63, 3.8) is 0 Å². The molecule has 0 radical (unpaired) electrons. The molecule has 1 aliphatic heterocycles. The van der Waals surface area contributed by atoms with Crippen LogP contribution in [0.5, 0.6) is 0 Å². The van der Waals surface area contributed by atoms with Crippen molar-refractivity contribution in [1.29, 1.82) is 5.26 Å². The van der Waals surface area contributed by atoms with E-state index in [-0.39, 0.29) is 6.10 Å². The van der Waals surface area contributed by atoms with E-state index in [1.165, 1.54) is 11.8 Å². The van der Waals surface area contributed by atoms with E-state index in [1.54, 1.807) is 18.3 Å². The maximum Gasteiger partial charge on any atom is 0.332 e. The smallest absolute Gasteiger partial charge is 0.332 e. The van der Waals surface area contributed by atoms with Crippen LogP contribution < -0.4 is 0 Å². The Labute approximate surface area is 109 Å². The van der Waals surface area contributed by atoms with Gasteiger partial charge in [-0.25, -0.2) is 9.78 Å². The lowest BCUT2D eigenvalue weighted by atomic mass is 10.2. The molecule has 0 spiro atoms. The Kier molecular flexibility index (Phi) is 4.18. The van der Waals surface area contributed by atoms with E-state index in [0.29, 0.717) is 17.7 Å². The highest BCUT2D eigenvalue weighted by Crippen LogP contribution is 2.26. The van der Waals surface area contributed by atoms with Crippen LogP contribution in [-0.4, -0.2) is 34.0 Å². The zero-order chi connectivity index (χ0) is 13.0. The third kappa shape index (κ3) is 3.22. The van der Waals surface area contributed by atoms with Crippen LogP contribution in [0.4, 0.5) is 0 Å². The number of hydrogen-bond acceptors (Lipinski definition) is 5. The van der Waals surface area contributed by atoms with Crippen LogP contribution in [-0.2, 0) is 9.53 Å². The Morgan fingerprint density at radius 3 is 3.17 bits per heavy atom. The summed E-state index contributed by atoms with van der Waals surface area (Å²) in [5.74, 6) is -0.238. The first-order valence-electron chi connectivity index (χ1n) is 5.56. The molecule has 0 aliphatic carbocycles. The van der Waals surface area contributed by atoms with Gasteiger partial charge in [-0.1, -0.05) is 0 Å². The van der Waals surface area contributed by atoms with Crippen molar-refractivity contribution in [2.75, 3.05) is 5.75 Å². The molecule has 1 aromatic rings. The van der Waals surface area contributed by atoms with Crippen molar-refractivity contribution in [3.05, 3.63) is 23.9 Å². The number of hydrogen-bond donors (Lipinski definition) is 1. The number of ether oxygens (including phenoxy) is 1. The summed E-state index contributed by atoms with van der Waals surface area (Å²) in [4.78, 5) is 14.9. The summed E-state index contributed by atoms with van der Waals surface area (Å²) in [6.07, 6.45) is 2.18. The fraction of sp³-hybridized carbons (Fsp3) is 0.417. The number of rotatable bonds is 4. The predicted molar refractivity (Wildman–Crippen MR) is 65.2 cm³/mol. The Hall–Kier alpha value is -1.58. The van der Waals surface area contributed by atoms with E-state index in [4.69, 9.17) is 15.1 Å². The first-order chi connectivity index (χ1) is 8.69. The number of carbonyl (C=O) groups is 1. The molecule has 18 heavy (non-hydrogen) atoms. The maximum atomic E-state index is 10.7.